The van der Waals surface area contributed by atoms with Gasteiger partial charge >= 0.3 is 5.97 Å². The van der Waals surface area contributed by atoms with Crippen LogP contribution in [0.3, 0.4) is 0 Å². The largest absolute Gasteiger partial charge is 0.496 e. The second-order valence-electron chi connectivity index (χ2n) is 6.35. The minimum absolute atomic E-state index is 0.0160. The molecule has 0 saturated carbocycles. The van der Waals surface area contributed by atoms with Gasteiger partial charge in [0.2, 0.25) is 0 Å². The zero-order chi connectivity index (χ0) is 19.6. The summed E-state index contributed by atoms with van der Waals surface area (Å²) < 4.78 is 38.0. The Balaban J connectivity index is 1.98. The van der Waals surface area contributed by atoms with E-state index in [9.17, 15) is 13.2 Å². The molecule has 1 aliphatic heterocycles. The molecular weight excluding hydrogens is 366 g/mol. The normalized spacial score (nSPS) is 13.2. The molecule has 0 fully saturated rings. The zero-order valence-electron chi connectivity index (χ0n) is 15.3. The molecule has 0 aromatic heterocycles. The second kappa shape index (κ2) is 7.44. The quantitative estimate of drug-likeness (QED) is 0.562. The average molecular weight is 387 g/mol. The first-order chi connectivity index (χ1) is 12.8. The summed E-state index contributed by atoms with van der Waals surface area (Å²) >= 11 is 0. The van der Waals surface area contributed by atoms with Crippen molar-refractivity contribution in [2.75, 3.05) is 24.6 Å². The van der Waals surface area contributed by atoms with E-state index < -0.39 is 16.0 Å². The van der Waals surface area contributed by atoms with Crippen LogP contribution < -0.4 is 9.04 Å². The third kappa shape index (κ3) is 3.68. The lowest BCUT2D eigenvalue weighted by Gasteiger charge is -2.20. The van der Waals surface area contributed by atoms with Crippen molar-refractivity contribution in [2.24, 2.45) is 0 Å². The SMILES string of the molecule is C=C(C)COC(=O)c1cc(S(=O)(=O)N2CCc3ccccc32)ccc1OC. The van der Waals surface area contributed by atoms with Crippen LogP contribution in [-0.4, -0.2) is 34.6 Å². The number of hydrogen-bond acceptors (Lipinski definition) is 5. The molecular formula is C20H21NO5S. The number of rotatable bonds is 6. The number of fused-ring (bicyclic) bond motifs is 1. The van der Waals surface area contributed by atoms with Crippen molar-refractivity contribution in [1.29, 1.82) is 0 Å². The molecule has 27 heavy (non-hydrogen) atoms. The molecule has 1 aliphatic rings. The van der Waals surface area contributed by atoms with Gasteiger partial charge in [0, 0.05) is 6.54 Å². The third-order valence-electron chi connectivity index (χ3n) is 4.27. The maximum Gasteiger partial charge on any atom is 0.342 e. The molecule has 0 spiro atoms. The molecule has 0 radical (unpaired) electrons. The third-order valence-corrected chi connectivity index (χ3v) is 6.08. The smallest absolute Gasteiger partial charge is 0.342 e. The van der Waals surface area contributed by atoms with Crippen molar-refractivity contribution in [3.05, 3.63) is 65.7 Å². The maximum atomic E-state index is 13.2. The van der Waals surface area contributed by atoms with Crippen LogP contribution in [0.1, 0.15) is 22.8 Å². The summed E-state index contributed by atoms with van der Waals surface area (Å²) in [5.74, 6) is -0.406. The molecule has 2 aromatic rings. The maximum absolute atomic E-state index is 13.2. The summed E-state index contributed by atoms with van der Waals surface area (Å²) in [6.45, 7) is 5.83. The first kappa shape index (κ1) is 19.0. The highest BCUT2D eigenvalue weighted by molar-refractivity contribution is 7.92. The van der Waals surface area contributed by atoms with Crippen molar-refractivity contribution in [3.8, 4) is 5.75 Å². The minimum Gasteiger partial charge on any atom is -0.496 e. The van der Waals surface area contributed by atoms with E-state index in [1.165, 1.54) is 29.6 Å². The number of carbonyl (C=O) groups excluding carboxylic acids is 1. The van der Waals surface area contributed by atoms with Crippen LogP contribution in [0.4, 0.5) is 5.69 Å². The molecule has 0 bridgehead atoms. The average Bonchev–Trinajstić information content (AvgIpc) is 3.10. The zero-order valence-corrected chi connectivity index (χ0v) is 16.1. The molecule has 142 valence electrons. The van der Waals surface area contributed by atoms with Crippen molar-refractivity contribution < 1.29 is 22.7 Å². The Morgan fingerprint density at radius 3 is 2.67 bits per heavy atom. The van der Waals surface area contributed by atoms with Gasteiger partial charge in [-0.2, -0.15) is 0 Å². The van der Waals surface area contributed by atoms with Crippen LogP contribution in [0, 0.1) is 0 Å². The van der Waals surface area contributed by atoms with E-state index in [4.69, 9.17) is 9.47 Å². The molecule has 0 N–H and O–H groups in total. The van der Waals surface area contributed by atoms with Gasteiger partial charge in [-0.15, -0.1) is 0 Å². The Morgan fingerprint density at radius 2 is 1.96 bits per heavy atom. The molecule has 2 aromatic carbocycles. The van der Waals surface area contributed by atoms with Gasteiger partial charge in [0.15, 0.2) is 0 Å². The van der Waals surface area contributed by atoms with Crippen LogP contribution in [0.25, 0.3) is 0 Å². The van der Waals surface area contributed by atoms with Gasteiger partial charge in [0.1, 0.15) is 17.9 Å². The predicted molar refractivity (Wildman–Crippen MR) is 103 cm³/mol. The standard InChI is InChI=1S/C20H21NO5S/c1-14(2)13-26-20(22)17-12-16(8-9-19(17)25-3)27(23,24)21-11-10-15-6-4-5-7-18(15)21/h4-9,12H,1,10-11,13H2,2-3H3. The Morgan fingerprint density at radius 1 is 1.22 bits per heavy atom. The molecule has 6 nitrogen and oxygen atoms in total. The lowest BCUT2D eigenvalue weighted by molar-refractivity contribution is 0.0536. The van der Waals surface area contributed by atoms with Crippen LogP contribution >= 0.6 is 0 Å². The van der Waals surface area contributed by atoms with Gasteiger partial charge in [-0.05, 0) is 48.7 Å². The molecule has 0 atom stereocenters. The number of sulfonamides is 1. The molecule has 7 heteroatoms. The summed E-state index contributed by atoms with van der Waals surface area (Å²) in [6.07, 6.45) is 0.652. The first-order valence-electron chi connectivity index (χ1n) is 8.45. The number of esters is 1. The highest BCUT2D eigenvalue weighted by Crippen LogP contribution is 2.34. The summed E-state index contributed by atoms with van der Waals surface area (Å²) in [7, 11) is -2.40. The number of methoxy groups -OCH3 is 1. The minimum atomic E-state index is -3.81. The Hall–Kier alpha value is -2.80. The topological polar surface area (TPSA) is 72.9 Å². The highest BCUT2D eigenvalue weighted by Gasteiger charge is 2.31. The number of nitrogens with zero attached hydrogens (tertiary/aromatic N) is 1. The molecule has 1 heterocycles. The fraction of sp³-hybridized carbons (Fsp3) is 0.250. The van der Waals surface area contributed by atoms with Crippen molar-refractivity contribution >= 4 is 21.7 Å². The first-order valence-corrected chi connectivity index (χ1v) is 9.89. The molecule has 0 saturated heterocycles. The van der Waals surface area contributed by atoms with E-state index in [2.05, 4.69) is 6.58 Å². The molecule has 0 unspecified atom stereocenters. The predicted octanol–water partition coefficient (Wildman–Crippen LogP) is 3.18. The van der Waals surface area contributed by atoms with Crippen LogP contribution in [-0.2, 0) is 21.2 Å². The van der Waals surface area contributed by atoms with E-state index in [0.717, 1.165) is 5.56 Å². The Bertz CT molecular complexity index is 997. The number of hydrogen-bond donors (Lipinski definition) is 0. The lowest BCUT2D eigenvalue weighted by atomic mass is 10.2. The Labute approximate surface area is 159 Å². The lowest BCUT2D eigenvalue weighted by Crippen LogP contribution is -2.29. The van der Waals surface area contributed by atoms with E-state index >= 15 is 0 Å². The Kier molecular flexibility index (Phi) is 5.23. The van der Waals surface area contributed by atoms with Crippen LogP contribution in [0.15, 0.2) is 59.5 Å². The summed E-state index contributed by atoms with van der Waals surface area (Å²) in [5, 5.41) is 0. The number of para-hydroxylation sites is 1. The van der Waals surface area contributed by atoms with E-state index in [1.54, 1.807) is 19.1 Å². The summed E-state index contributed by atoms with van der Waals surface area (Å²) in [4.78, 5) is 12.4. The van der Waals surface area contributed by atoms with E-state index in [-0.39, 0.29) is 22.8 Å². The van der Waals surface area contributed by atoms with Crippen molar-refractivity contribution in [2.45, 2.75) is 18.2 Å². The fourth-order valence-electron chi connectivity index (χ4n) is 2.96. The number of carbonyl (C=O) groups is 1. The number of benzene rings is 2. The van der Waals surface area contributed by atoms with Gasteiger partial charge in [0.25, 0.3) is 10.0 Å². The fourth-order valence-corrected chi connectivity index (χ4v) is 4.49. The van der Waals surface area contributed by atoms with Gasteiger partial charge in [-0.25, -0.2) is 13.2 Å². The second-order valence-corrected chi connectivity index (χ2v) is 8.21. The van der Waals surface area contributed by atoms with Crippen LogP contribution in [0.2, 0.25) is 0 Å². The van der Waals surface area contributed by atoms with Gasteiger partial charge < -0.3 is 9.47 Å². The highest BCUT2D eigenvalue weighted by atomic mass is 32.2. The van der Waals surface area contributed by atoms with Crippen molar-refractivity contribution in [3.63, 3.8) is 0 Å². The molecule has 0 aliphatic carbocycles. The van der Waals surface area contributed by atoms with Crippen molar-refractivity contribution in [1.82, 2.24) is 0 Å². The van der Waals surface area contributed by atoms with E-state index in [1.807, 2.05) is 12.1 Å². The molecule has 3 rings (SSSR count). The van der Waals surface area contributed by atoms with Gasteiger partial charge in [-0.3, -0.25) is 4.31 Å². The monoisotopic (exact) mass is 387 g/mol. The van der Waals surface area contributed by atoms with Gasteiger partial charge in [0.05, 0.1) is 17.7 Å². The van der Waals surface area contributed by atoms with E-state index in [0.29, 0.717) is 24.2 Å². The van der Waals surface area contributed by atoms with Gasteiger partial charge in [-0.1, -0.05) is 24.8 Å². The number of anilines is 1. The summed E-state index contributed by atoms with van der Waals surface area (Å²) in [5.41, 5.74) is 2.39. The summed E-state index contributed by atoms with van der Waals surface area (Å²) in [6, 6.07) is 11.6. The van der Waals surface area contributed by atoms with Crippen LogP contribution in [0.5, 0.6) is 5.75 Å². The number of ether oxygens (including phenoxy) is 2. The molecule has 0 amide bonds.